The first-order chi connectivity index (χ1) is 12.7. The highest BCUT2D eigenvalue weighted by Crippen LogP contribution is 2.36. The SMILES string of the molecule is C/C(=C1/CCCNC1=O)c1cc(Cl)cc(-c2ccc(C(F)(F)F)cc2)c1C. The number of piperidine rings is 1. The molecule has 0 atom stereocenters. The van der Waals surface area contributed by atoms with Gasteiger partial charge in [-0.2, -0.15) is 13.2 Å². The molecule has 1 aliphatic heterocycles. The van der Waals surface area contributed by atoms with Gasteiger partial charge < -0.3 is 5.32 Å². The highest BCUT2D eigenvalue weighted by Gasteiger charge is 2.30. The van der Waals surface area contributed by atoms with Gasteiger partial charge >= 0.3 is 6.18 Å². The number of amides is 1. The Morgan fingerprint density at radius 2 is 1.81 bits per heavy atom. The lowest BCUT2D eigenvalue weighted by atomic mass is 9.89. The quantitative estimate of drug-likeness (QED) is 0.621. The molecular weight excluding hydrogens is 375 g/mol. The van der Waals surface area contributed by atoms with E-state index < -0.39 is 11.7 Å². The highest BCUT2D eigenvalue weighted by atomic mass is 35.5. The van der Waals surface area contributed by atoms with E-state index in [0.29, 0.717) is 23.6 Å². The van der Waals surface area contributed by atoms with Crippen LogP contribution in [0.4, 0.5) is 13.2 Å². The molecule has 0 saturated carbocycles. The number of hydrogen-bond donors (Lipinski definition) is 1. The summed E-state index contributed by atoms with van der Waals surface area (Å²) in [6.07, 6.45) is -2.80. The predicted octanol–water partition coefficient (Wildman–Crippen LogP) is 6.02. The minimum absolute atomic E-state index is 0.0748. The van der Waals surface area contributed by atoms with E-state index in [1.165, 1.54) is 12.1 Å². The molecule has 0 aliphatic carbocycles. The molecule has 6 heteroatoms. The Bertz CT molecular complexity index is 914. The summed E-state index contributed by atoms with van der Waals surface area (Å²) >= 11 is 6.29. The number of carbonyl (C=O) groups is 1. The van der Waals surface area contributed by atoms with E-state index in [1.807, 2.05) is 13.8 Å². The van der Waals surface area contributed by atoms with Gasteiger partial charge in [0.2, 0.25) is 5.91 Å². The van der Waals surface area contributed by atoms with E-state index in [-0.39, 0.29) is 5.91 Å². The molecule has 3 rings (SSSR count). The van der Waals surface area contributed by atoms with Gasteiger partial charge in [0.15, 0.2) is 0 Å². The van der Waals surface area contributed by atoms with Crippen molar-refractivity contribution < 1.29 is 18.0 Å². The predicted molar refractivity (Wildman–Crippen MR) is 101 cm³/mol. The third-order valence-electron chi connectivity index (χ3n) is 4.92. The summed E-state index contributed by atoms with van der Waals surface area (Å²) < 4.78 is 38.4. The zero-order valence-electron chi connectivity index (χ0n) is 15.0. The smallest absolute Gasteiger partial charge is 0.352 e. The molecule has 1 N–H and O–H groups in total. The summed E-state index contributed by atoms with van der Waals surface area (Å²) in [5, 5.41) is 3.32. The van der Waals surface area contributed by atoms with E-state index in [4.69, 9.17) is 11.6 Å². The number of benzene rings is 2. The second-order valence-electron chi connectivity index (χ2n) is 6.66. The molecule has 0 bridgehead atoms. The van der Waals surface area contributed by atoms with Crippen molar-refractivity contribution in [2.24, 2.45) is 0 Å². The van der Waals surface area contributed by atoms with E-state index in [1.54, 1.807) is 12.1 Å². The number of rotatable bonds is 2. The number of nitrogens with one attached hydrogen (secondary N) is 1. The van der Waals surface area contributed by atoms with Crippen molar-refractivity contribution in [3.05, 3.63) is 63.7 Å². The van der Waals surface area contributed by atoms with Gasteiger partial charge in [0.25, 0.3) is 0 Å². The highest BCUT2D eigenvalue weighted by molar-refractivity contribution is 6.31. The largest absolute Gasteiger partial charge is 0.416 e. The van der Waals surface area contributed by atoms with Gasteiger partial charge in [-0.3, -0.25) is 4.79 Å². The van der Waals surface area contributed by atoms with Crippen LogP contribution in [0.15, 0.2) is 42.0 Å². The van der Waals surface area contributed by atoms with Crippen LogP contribution in [-0.4, -0.2) is 12.5 Å². The van der Waals surface area contributed by atoms with E-state index in [2.05, 4.69) is 5.32 Å². The topological polar surface area (TPSA) is 29.1 Å². The third kappa shape index (κ3) is 4.03. The number of hydrogen-bond acceptors (Lipinski definition) is 1. The van der Waals surface area contributed by atoms with Crippen LogP contribution in [0.2, 0.25) is 5.02 Å². The summed E-state index contributed by atoms with van der Waals surface area (Å²) in [7, 11) is 0. The van der Waals surface area contributed by atoms with Gasteiger partial charge in [-0.25, -0.2) is 0 Å². The maximum Gasteiger partial charge on any atom is 0.416 e. The van der Waals surface area contributed by atoms with Crippen LogP contribution in [-0.2, 0) is 11.0 Å². The van der Waals surface area contributed by atoms with E-state index in [9.17, 15) is 18.0 Å². The molecule has 0 radical (unpaired) electrons. The van der Waals surface area contributed by atoms with Gasteiger partial charge in [0.05, 0.1) is 5.56 Å². The molecule has 2 nitrogen and oxygen atoms in total. The fraction of sp³-hybridized carbons (Fsp3) is 0.286. The third-order valence-corrected chi connectivity index (χ3v) is 5.13. The van der Waals surface area contributed by atoms with E-state index in [0.717, 1.165) is 46.4 Å². The Labute approximate surface area is 161 Å². The van der Waals surface area contributed by atoms with Crippen LogP contribution in [0, 0.1) is 6.92 Å². The number of halogens is 4. The van der Waals surface area contributed by atoms with Crippen LogP contribution in [0.1, 0.15) is 36.5 Å². The lowest BCUT2D eigenvalue weighted by molar-refractivity contribution is -0.137. The van der Waals surface area contributed by atoms with Crippen molar-refractivity contribution in [3.8, 4) is 11.1 Å². The summed E-state index contributed by atoms with van der Waals surface area (Å²) in [4.78, 5) is 12.2. The van der Waals surface area contributed by atoms with Crippen molar-refractivity contribution >= 4 is 23.1 Å². The van der Waals surface area contributed by atoms with Gasteiger partial charge in [0, 0.05) is 17.1 Å². The molecule has 142 valence electrons. The van der Waals surface area contributed by atoms with Crippen LogP contribution in [0.25, 0.3) is 16.7 Å². The summed E-state index contributed by atoms with van der Waals surface area (Å²) in [6, 6.07) is 8.56. The lowest BCUT2D eigenvalue weighted by Crippen LogP contribution is -2.31. The van der Waals surface area contributed by atoms with Gasteiger partial charge in [-0.15, -0.1) is 0 Å². The van der Waals surface area contributed by atoms with Gasteiger partial charge in [-0.1, -0.05) is 23.7 Å². The Morgan fingerprint density at radius 3 is 2.41 bits per heavy atom. The first-order valence-electron chi connectivity index (χ1n) is 8.64. The van der Waals surface area contributed by atoms with Crippen molar-refractivity contribution in [1.82, 2.24) is 5.32 Å². The first-order valence-corrected chi connectivity index (χ1v) is 9.02. The molecule has 1 heterocycles. The molecule has 1 aliphatic rings. The zero-order chi connectivity index (χ0) is 19.8. The fourth-order valence-corrected chi connectivity index (χ4v) is 3.63. The van der Waals surface area contributed by atoms with Crippen molar-refractivity contribution in [2.75, 3.05) is 6.54 Å². The molecule has 27 heavy (non-hydrogen) atoms. The number of carbonyl (C=O) groups excluding carboxylic acids is 1. The standard InChI is InChI=1S/C21H19ClF3NO/c1-12(17-4-3-9-26-20(17)27)18-10-16(22)11-19(13(18)2)14-5-7-15(8-6-14)21(23,24)25/h5-8,10-11H,3-4,9H2,1-2H3,(H,26,27)/b17-12+. The normalized spacial score (nSPS) is 16.9. The Kier molecular flexibility index (Phi) is 5.33. The lowest BCUT2D eigenvalue weighted by Gasteiger charge is -2.20. The maximum absolute atomic E-state index is 12.8. The fourth-order valence-electron chi connectivity index (χ4n) is 3.41. The van der Waals surface area contributed by atoms with Gasteiger partial charge in [0.1, 0.15) is 0 Å². The monoisotopic (exact) mass is 393 g/mol. The summed E-state index contributed by atoms with van der Waals surface area (Å²) in [5.41, 5.74) is 4.00. The summed E-state index contributed by atoms with van der Waals surface area (Å²) in [5.74, 6) is -0.0748. The molecule has 1 amide bonds. The minimum Gasteiger partial charge on any atom is -0.352 e. The maximum atomic E-state index is 12.8. The second kappa shape index (κ2) is 7.39. The average Bonchev–Trinajstić information content (AvgIpc) is 2.62. The Hall–Kier alpha value is -2.27. The second-order valence-corrected chi connectivity index (χ2v) is 7.10. The zero-order valence-corrected chi connectivity index (χ0v) is 15.8. The molecule has 0 aromatic heterocycles. The molecule has 2 aromatic carbocycles. The Morgan fingerprint density at radius 1 is 1.15 bits per heavy atom. The van der Waals surface area contributed by atoms with Gasteiger partial charge in [-0.05, 0) is 78.8 Å². The molecule has 0 spiro atoms. The van der Waals surface area contributed by atoms with Crippen molar-refractivity contribution in [2.45, 2.75) is 32.9 Å². The number of allylic oxidation sites excluding steroid dienone is 1. The minimum atomic E-state index is -4.37. The Balaban J connectivity index is 2.09. The molecule has 0 unspecified atom stereocenters. The van der Waals surface area contributed by atoms with Crippen molar-refractivity contribution in [3.63, 3.8) is 0 Å². The average molecular weight is 394 g/mol. The van der Waals surface area contributed by atoms with Crippen LogP contribution in [0.3, 0.4) is 0 Å². The van der Waals surface area contributed by atoms with Crippen LogP contribution in [0.5, 0.6) is 0 Å². The number of alkyl halides is 3. The molecule has 2 aromatic rings. The first kappa shape index (κ1) is 19.5. The molecule has 1 fully saturated rings. The van der Waals surface area contributed by atoms with Crippen LogP contribution < -0.4 is 5.32 Å². The summed E-state index contributed by atoms with van der Waals surface area (Å²) in [6.45, 7) is 4.44. The van der Waals surface area contributed by atoms with Crippen LogP contribution >= 0.6 is 11.6 Å². The molecule has 1 saturated heterocycles. The van der Waals surface area contributed by atoms with Crippen molar-refractivity contribution in [1.29, 1.82) is 0 Å². The molecular formula is C21H19ClF3NO. The van der Waals surface area contributed by atoms with E-state index >= 15 is 0 Å².